The van der Waals surface area contributed by atoms with Crippen LogP contribution in [0.3, 0.4) is 0 Å². The van der Waals surface area contributed by atoms with Gasteiger partial charge in [-0.25, -0.2) is 0 Å². The Bertz CT molecular complexity index is 3370. The van der Waals surface area contributed by atoms with Gasteiger partial charge in [0, 0.05) is 10.8 Å². The molecule has 9 rings (SSSR count). The largest absolute Gasteiger partial charge is 0.456 e. The minimum Gasteiger partial charge on any atom is -0.456 e. The molecular weight excluding hydrogens is 556 g/mol. The quantitative estimate of drug-likeness (QED) is 0.178. The summed E-state index contributed by atoms with van der Waals surface area (Å²) in [4.78, 5) is 0. The second-order valence-electron chi connectivity index (χ2n) is 10.7. The highest BCUT2D eigenvalue weighted by atomic mass is 16.3. The molecule has 0 spiro atoms. The molecule has 9 aromatic rings. The Labute approximate surface area is 291 Å². The van der Waals surface area contributed by atoms with Gasteiger partial charge in [0.25, 0.3) is 0 Å². The monoisotopic (exact) mass is 603 g/mol. The van der Waals surface area contributed by atoms with E-state index in [9.17, 15) is 11.0 Å². The predicted molar refractivity (Wildman–Crippen MR) is 194 cm³/mol. The number of furan rings is 1. The molecular formula is C45H30O. The molecule has 0 aliphatic heterocycles. The smallest absolute Gasteiger partial charge is 0.136 e. The number of fused-ring (bicyclic) bond motifs is 5. The number of hydrogen-bond acceptors (Lipinski definition) is 1. The summed E-state index contributed by atoms with van der Waals surface area (Å²) in [6, 6.07) is 8.27. The summed E-state index contributed by atoms with van der Waals surface area (Å²) in [6.45, 7) is 0. The average Bonchev–Trinajstić information content (AvgIpc) is 3.68. The van der Waals surface area contributed by atoms with Gasteiger partial charge in [-0.05, 0) is 84.6 Å². The predicted octanol–water partition coefficient (Wildman–Crippen LogP) is 12.5. The SMILES string of the molecule is [2H]c1c([2H])c([2H])c(Cc2c3c([2H])c([2H])c([2H])c([2H])c3c(-c3c([2H])c([2H])c(-c4cccc5oc6cccc(-c7ccccc7)c6c45)c([2H])c3[2H])c3c([2H])c([2H])c([2H])c([2H])c23)c([2H])c1[2H]. The highest BCUT2D eigenvalue weighted by Gasteiger charge is 2.18. The average molecular weight is 604 g/mol. The van der Waals surface area contributed by atoms with Gasteiger partial charge in [0.05, 0.1) is 23.3 Å². The first-order valence-electron chi connectivity index (χ1n) is 23.0. The van der Waals surface area contributed by atoms with E-state index >= 15 is 0 Å². The third kappa shape index (κ3) is 4.32. The molecule has 46 heavy (non-hydrogen) atoms. The highest BCUT2D eigenvalue weighted by Crippen LogP contribution is 2.43. The van der Waals surface area contributed by atoms with Gasteiger partial charge in [0.1, 0.15) is 11.2 Å². The number of rotatable bonds is 5. The van der Waals surface area contributed by atoms with Crippen molar-refractivity contribution in [2.24, 2.45) is 0 Å². The van der Waals surface area contributed by atoms with Crippen LogP contribution in [0.4, 0.5) is 0 Å². The van der Waals surface area contributed by atoms with E-state index in [1.54, 1.807) is 24.3 Å². The molecule has 1 heteroatoms. The summed E-state index contributed by atoms with van der Waals surface area (Å²) in [5.41, 5.74) is 1.26. The minimum atomic E-state index is -0.776. The maximum atomic E-state index is 9.61. The van der Waals surface area contributed by atoms with E-state index in [-0.39, 0.29) is 27.5 Å². The van der Waals surface area contributed by atoms with Gasteiger partial charge >= 0.3 is 0 Å². The zero-order valence-electron chi connectivity index (χ0n) is 41.0. The van der Waals surface area contributed by atoms with Crippen LogP contribution in [0.25, 0.3) is 76.9 Å². The molecule has 0 aliphatic rings. The van der Waals surface area contributed by atoms with Gasteiger partial charge in [-0.3, -0.25) is 0 Å². The van der Waals surface area contributed by atoms with Crippen LogP contribution in [0.15, 0.2) is 174 Å². The lowest BCUT2D eigenvalue weighted by atomic mass is 9.86. The normalized spacial score (nSPS) is 16.7. The lowest BCUT2D eigenvalue weighted by Gasteiger charge is -2.18. The fourth-order valence-corrected chi connectivity index (χ4v) is 6.18. The Hall–Kier alpha value is -5.92. The molecule has 216 valence electrons. The van der Waals surface area contributed by atoms with Crippen molar-refractivity contribution < 1.29 is 27.7 Å². The van der Waals surface area contributed by atoms with Gasteiger partial charge in [0.2, 0.25) is 0 Å². The molecule has 8 aromatic carbocycles. The Balaban J connectivity index is 1.45. The molecule has 0 radical (unpaired) electrons. The molecule has 0 bridgehead atoms. The van der Waals surface area contributed by atoms with Crippen molar-refractivity contribution in [3.05, 3.63) is 181 Å². The maximum absolute atomic E-state index is 9.61. The van der Waals surface area contributed by atoms with E-state index in [0.29, 0.717) is 27.5 Å². The number of benzene rings is 8. The fourth-order valence-electron chi connectivity index (χ4n) is 6.18. The van der Waals surface area contributed by atoms with Gasteiger partial charge < -0.3 is 4.42 Å². The summed E-state index contributed by atoms with van der Waals surface area (Å²) in [6.07, 6.45) is -0.658. The summed E-state index contributed by atoms with van der Waals surface area (Å²) in [5.74, 6) is 0. The molecule has 0 unspecified atom stereocenters. The van der Waals surface area contributed by atoms with Crippen LogP contribution in [0.1, 0.15) is 34.4 Å². The summed E-state index contributed by atoms with van der Waals surface area (Å²) in [5, 5.41) is -0.367. The molecule has 0 amide bonds. The Morgan fingerprint density at radius 3 is 1.57 bits per heavy atom. The van der Waals surface area contributed by atoms with Crippen LogP contribution in [-0.4, -0.2) is 0 Å². The molecule has 0 saturated heterocycles. The summed E-state index contributed by atoms with van der Waals surface area (Å²) >= 11 is 0. The zero-order valence-corrected chi connectivity index (χ0v) is 24.0. The Morgan fingerprint density at radius 1 is 0.435 bits per heavy atom. The highest BCUT2D eigenvalue weighted by molar-refractivity contribution is 6.18. The lowest BCUT2D eigenvalue weighted by molar-refractivity contribution is 0.669. The van der Waals surface area contributed by atoms with Crippen LogP contribution in [0, 0.1) is 0 Å². The van der Waals surface area contributed by atoms with Gasteiger partial charge in [0.15, 0.2) is 0 Å². The molecule has 0 atom stereocenters. The van der Waals surface area contributed by atoms with Crippen molar-refractivity contribution in [1.29, 1.82) is 0 Å². The van der Waals surface area contributed by atoms with Crippen molar-refractivity contribution in [3.8, 4) is 33.4 Å². The van der Waals surface area contributed by atoms with Crippen molar-refractivity contribution in [2.75, 3.05) is 0 Å². The number of hydrogen-bond donors (Lipinski definition) is 0. The maximum Gasteiger partial charge on any atom is 0.136 e. The Morgan fingerprint density at radius 2 is 0.957 bits per heavy atom. The first-order chi connectivity index (χ1) is 29.9. The topological polar surface area (TPSA) is 13.1 Å². The summed E-state index contributed by atoms with van der Waals surface area (Å²) in [7, 11) is 0. The van der Waals surface area contributed by atoms with E-state index in [1.165, 1.54) is 0 Å². The van der Waals surface area contributed by atoms with E-state index < -0.39 is 131 Å². The molecule has 0 N–H and O–H groups in total. The second kappa shape index (κ2) is 10.9. The molecule has 0 fully saturated rings. The van der Waals surface area contributed by atoms with E-state index in [1.807, 2.05) is 42.5 Å². The lowest BCUT2D eigenvalue weighted by Crippen LogP contribution is -1.95. The van der Waals surface area contributed by atoms with Crippen LogP contribution in [-0.2, 0) is 6.42 Å². The van der Waals surface area contributed by atoms with Crippen molar-refractivity contribution >= 4 is 43.5 Å². The van der Waals surface area contributed by atoms with Gasteiger partial charge in [-0.1, -0.05) is 157 Å². The minimum absolute atomic E-state index is 0.125. The molecule has 1 heterocycles. The van der Waals surface area contributed by atoms with Crippen LogP contribution < -0.4 is 0 Å². The van der Waals surface area contributed by atoms with Crippen LogP contribution in [0.2, 0.25) is 0 Å². The van der Waals surface area contributed by atoms with Crippen molar-refractivity contribution in [1.82, 2.24) is 0 Å². The third-order valence-corrected chi connectivity index (χ3v) is 8.14. The fraction of sp³-hybridized carbons (Fsp3) is 0.0222. The third-order valence-electron chi connectivity index (χ3n) is 8.14. The Kier molecular flexibility index (Phi) is 3.43. The first kappa shape index (κ1) is 14.5. The van der Waals surface area contributed by atoms with Crippen molar-refractivity contribution in [3.63, 3.8) is 0 Å². The van der Waals surface area contributed by atoms with Gasteiger partial charge in [-0.2, -0.15) is 0 Å². The van der Waals surface area contributed by atoms with E-state index in [2.05, 4.69) is 0 Å². The molecule has 1 nitrogen and oxygen atoms in total. The second-order valence-corrected chi connectivity index (χ2v) is 10.7. The molecule has 0 saturated carbocycles. The van der Waals surface area contributed by atoms with E-state index in [4.69, 9.17) is 16.8 Å². The summed E-state index contributed by atoms with van der Waals surface area (Å²) < 4.78 is 158. The van der Waals surface area contributed by atoms with Gasteiger partial charge in [-0.15, -0.1) is 0 Å². The van der Waals surface area contributed by atoms with Crippen LogP contribution in [0.5, 0.6) is 0 Å². The van der Waals surface area contributed by atoms with Crippen LogP contribution >= 0.6 is 0 Å². The zero-order chi connectivity index (χ0) is 45.2. The molecule has 0 aliphatic carbocycles. The first-order valence-corrected chi connectivity index (χ1v) is 14.5. The van der Waals surface area contributed by atoms with Crippen molar-refractivity contribution in [2.45, 2.75) is 6.42 Å². The standard InChI is InChI=1S/C45H30O/c1-3-13-30(14-4-1)29-40-36-17-7-9-19-38(36)43(39-20-10-8-18-37(39)40)33-27-25-32(26-28-33)35-22-12-24-42-45(35)44-34(21-11-23-41(44)46-42)31-15-5-2-6-16-31/h1-28H,29H2/i1D,3D,4D,7D,8D,9D,10D,13D,14D,17D,18D,19D,20D,25D,26D,27D,28D. The van der Waals surface area contributed by atoms with E-state index in [0.717, 1.165) is 11.1 Å². The molecule has 1 aromatic heterocycles.